The molecule has 3 heterocycles. The Kier molecular flexibility index (Phi) is 4.27. The Bertz CT molecular complexity index is 793. The van der Waals surface area contributed by atoms with Crippen molar-refractivity contribution in [1.82, 2.24) is 19.4 Å². The van der Waals surface area contributed by atoms with Gasteiger partial charge in [0.05, 0.1) is 23.4 Å². The predicted octanol–water partition coefficient (Wildman–Crippen LogP) is 2.85. The van der Waals surface area contributed by atoms with Gasteiger partial charge >= 0.3 is 0 Å². The molecule has 3 rings (SSSR count). The summed E-state index contributed by atoms with van der Waals surface area (Å²) >= 11 is 0. The van der Waals surface area contributed by atoms with Crippen molar-refractivity contribution in [3.05, 3.63) is 24.2 Å². The fourth-order valence-corrected chi connectivity index (χ4v) is 3.09. The van der Waals surface area contributed by atoms with Gasteiger partial charge in [0.25, 0.3) is 5.91 Å². The fourth-order valence-electron chi connectivity index (χ4n) is 3.09. The number of hydrogen-bond donors (Lipinski definition) is 0. The first-order chi connectivity index (χ1) is 11.4. The van der Waals surface area contributed by atoms with Crippen LogP contribution in [0.5, 0.6) is 0 Å². The quantitative estimate of drug-likeness (QED) is 0.869. The molecule has 0 atom stereocenters. The topological polar surface area (TPSA) is 74.8 Å². The van der Waals surface area contributed by atoms with E-state index in [-0.39, 0.29) is 11.3 Å². The third-order valence-corrected chi connectivity index (χ3v) is 4.69. The first-order valence-electron chi connectivity index (χ1n) is 8.43. The molecule has 1 amide bonds. The average Bonchev–Trinajstić information content (AvgIpc) is 2.96. The number of fused-ring (bicyclic) bond motifs is 1. The number of carbonyl (C=O) groups is 1. The number of imidazole rings is 1. The molecule has 0 unspecified atom stereocenters. The van der Waals surface area contributed by atoms with Crippen LogP contribution >= 0.6 is 0 Å². The summed E-state index contributed by atoms with van der Waals surface area (Å²) in [5.74, 6) is 0.483. The lowest BCUT2D eigenvalue weighted by Crippen LogP contribution is -2.41. The first-order valence-corrected chi connectivity index (χ1v) is 8.43. The molecule has 0 bridgehead atoms. The smallest absolute Gasteiger partial charge is 0.255 e. The molecule has 2 aromatic heterocycles. The van der Waals surface area contributed by atoms with Crippen molar-refractivity contribution in [3.8, 4) is 6.07 Å². The van der Waals surface area contributed by atoms with Crippen LogP contribution in [0.1, 0.15) is 44.0 Å². The molecule has 1 aliphatic rings. The highest BCUT2D eigenvalue weighted by molar-refractivity contribution is 5.96. The number of pyridine rings is 1. The summed E-state index contributed by atoms with van der Waals surface area (Å²) in [4.78, 5) is 23.3. The summed E-state index contributed by atoms with van der Waals surface area (Å²) in [6.07, 6.45) is 4.86. The second-order valence-electron chi connectivity index (χ2n) is 7.32. The largest absolute Gasteiger partial charge is 0.338 e. The Balaban J connectivity index is 1.78. The molecule has 0 saturated carbocycles. The lowest BCUT2D eigenvalue weighted by atomic mass is 9.82. The maximum Gasteiger partial charge on any atom is 0.255 e. The zero-order valence-corrected chi connectivity index (χ0v) is 14.5. The Morgan fingerprint density at radius 2 is 2.08 bits per heavy atom. The third-order valence-electron chi connectivity index (χ3n) is 4.69. The van der Waals surface area contributed by atoms with Gasteiger partial charge in [-0.25, -0.2) is 9.97 Å². The van der Waals surface area contributed by atoms with Crippen molar-refractivity contribution >= 4 is 17.1 Å². The highest BCUT2D eigenvalue weighted by Gasteiger charge is 2.32. The van der Waals surface area contributed by atoms with Gasteiger partial charge in [0.2, 0.25) is 0 Å². The minimum absolute atomic E-state index is 0.0252. The van der Waals surface area contributed by atoms with Crippen LogP contribution in [0.2, 0.25) is 0 Å². The predicted molar refractivity (Wildman–Crippen MR) is 91.2 cm³/mol. The number of carbonyl (C=O) groups excluding carboxylic acids is 1. The van der Waals surface area contributed by atoms with Gasteiger partial charge in [-0.2, -0.15) is 5.26 Å². The van der Waals surface area contributed by atoms with Crippen LogP contribution in [-0.4, -0.2) is 38.4 Å². The number of nitrogens with zero attached hydrogens (tertiary/aromatic N) is 5. The molecule has 1 fully saturated rings. The minimum atomic E-state index is -0.311. The number of hydrogen-bond acceptors (Lipinski definition) is 4. The number of amides is 1. The molecule has 6 heteroatoms. The minimum Gasteiger partial charge on any atom is -0.338 e. The highest BCUT2D eigenvalue weighted by atomic mass is 16.2. The molecule has 0 aliphatic carbocycles. The number of rotatable bonds is 3. The molecule has 0 N–H and O–H groups in total. The number of likely N-dealkylation sites (tertiary alicyclic amines) is 1. The van der Waals surface area contributed by atoms with E-state index in [0.29, 0.717) is 37.4 Å². The van der Waals surface area contributed by atoms with E-state index in [1.54, 1.807) is 12.5 Å². The normalized spacial score (nSPS) is 17.2. The maximum absolute atomic E-state index is 12.7. The summed E-state index contributed by atoms with van der Waals surface area (Å²) < 4.78 is 2.02. The Hall–Kier alpha value is -2.42. The maximum atomic E-state index is 12.7. The van der Waals surface area contributed by atoms with E-state index in [1.165, 1.54) is 0 Å². The summed E-state index contributed by atoms with van der Waals surface area (Å²) in [5, 5.41) is 9.20. The van der Waals surface area contributed by atoms with Gasteiger partial charge in [-0.3, -0.25) is 4.79 Å². The van der Waals surface area contributed by atoms with Gasteiger partial charge in [0, 0.05) is 25.8 Å². The van der Waals surface area contributed by atoms with E-state index in [2.05, 4.69) is 29.9 Å². The second-order valence-corrected chi connectivity index (χ2v) is 7.32. The number of piperidine rings is 1. The van der Waals surface area contributed by atoms with Crippen molar-refractivity contribution < 1.29 is 4.79 Å². The summed E-state index contributed by atoms with van der Waals surface area (Å²) in [6, 6.07) is 4.18. The Labute approximate surface area is 142 Å². The standard InChI is InChI=1S/C18H23N5O/c1-13(2)10-23-12-21-15-8-14(9-20-16(15)23)17(24)22-6-4-18(3,11-19)5-7-22/h8-9,12-13H,4-7,10H2,1-3H3. The Morgan fingerprint density at radius 3 is 2.71 bits per heavy atom. The molecular weight excluding hydrogens is 302 g/mol. The summed E-state index contributed by atoms with van der Waals surface area (Å²) in [7, 11) is 0. The molecule has 1 aliphatic heterocycles. The van der Waals surface area contributed by atoms with Gasteiger partial charge in [-0.1, -0.05) is 13.8 Å². The van der Waals surface area contributed by atoms with Gasteiger partial charge in [0.1, 0.15) is 5.52 Å². The zero-order chi connectivity index (χ0) is 17.3. The van der Waals surface area contributed by atoms with Crippen LogP contribution in [-0.2, 0) is 6.54 Å². The second kappa shape index (κ2) is 6.23. The number of nitriles is 1. The lowest BCUT2D eigenvalue weighted by Gasteiger charge is -2.34. The van der Waals surface area contributed by atoms with E-state index in [9.17, 15) is 10.1 Å². The monoisotopic (exact) mass is 325 g/mol. The zero-order valence-electron chi connectivity index (χ0n) is 14.5. The summed E-state index contributed by atoms with van der Waals surface area (Å²) in [6.45, 7) is 8.34. The Morgan fingerprint density at radius 1 is 1.38 bits per heavy atom. The van der Waals surface area contributed by atoms with E-state index in [0.717, 1.165) is 17.7 Å². The molecule has 0 aromatic carbocycles. The van der Waals surface area contributed by atoms with Crippen molar-refractivity contribution in [2.75, 3.05) is 13.1 Å². The third kappa shape index (κ3) is 3.12. The molecule has 126 valence electrons. The molecule has 0 radical (unpaired) electrons. The van der Waals surface area contributed by atoms with Crippen LogP contribution in [0.25, 0.3) is 11.2 Å². The molecule has 2 aromatic rings. The van der Waals surface area contributed by atoms with Crippen molar-refractivity contribution in [2.45, 2.75) is 40.2 Å². The first kappa shape index (κ1) is 16.4. The summed E-state index contributed by atoms with van der Waals surface area (Å²) in [5.41, 5.74) is 1.82. The lowest BCUT2D eigenvalue weighted by molar-refractivity contribution is 0.0661. The van der Waals surface area contributed by atoms with Crippen LogP contribution in [0.15, 0.2) is 18.6 Å². The van der Waals surface area contributed by atoms with Gasteiger partial charge < -0.3 is 9.47 Å². The van der Waals surface area contributed by atoms with Crippen LogP contribution in [0, 0.1) is 22.7 Å². The molecule has 1 saturated heterocycles. The van der Waals surface area contributed by atoms with Crippen molar-refractivity contribution in [2.24, 2.45) is 11.3 Å². The fraction of sp³-hybridized carbons (Fsp3) is 0.556. The SMILES string of the molecule is CC(C)Cn1cnc2cc(C(=O)N3CCC(C)(C#N)CC3)cnc21. The highest BCUT2D eigenvalue weighted by Crippen LogP contribution is 2.30. The van der Waals surface area contributed by atoms with Crippen LogP contribution in [0.3, 0.4) is 0 Å². The van der Waals surface area contributed by atoms with E-state index >= 15 is 0 Å². The van der Waals surface area contributed by atoms with Crippen LogP contribution < -0.4 is 0 Å². The molecule has 0 spiro atoms. The van der Waals surface area contributed by atoms with E-state index in [4.69, 9.17) is 0 Å². The van der Waals surface area contributed by atoms with Gasteiger partial charge in [-0.05, 0) is 31.7 Å². The van der Waals surface area contributed by atoms with Gasteiger partial charge in [0.15, 0.2) is 5.65 Å². The molecule has 6 nitrogen and oxygen atoms in total. The number of aromatic nitrogens is 3. The van der Waals surface area contributed by atoms with E-state index < -0.39 is 0 Å². The van der Waals surface area contributed by atoms with E-state index in [1.807, 2.05) is 22.5 Å². The average molecular weight is 325 g/mol. The molecular formula is C18H23N5O. The van der Waals surface area contributed by atoms with Crippen LogP contribution in [0.4, 0.5) is 0 Å². The van der Waals surface area contributed by atoms with Crippen molar-refractivity contribution in [3.63, 3.8) is 0 Å². The molecule has 24 heavy (non-hydrogen) atoms. The van der Waals surface area contributed by atoms with Crippen molar-refractivity contribution in [1.29, 1.82) is 5.26 Å². The van der Waals surface area contributed by atoms with Gasteiger partial charge in [-0.15, -0.1) is 0 Å².